The first-order valence-corrected chi connectivity index (χ1v) is 8.81. The fraction of sp³-hybridized carbons (Fsp3) is 0.600. The van der Waals surface area contributed by atoms with Crippen LogP contribution in [0.3, 0.4) is 0 Å². The molecule has 7 nitrogen and oxygen atoms in total. The molecule has 1 aliphatic heterocycles. The number of thiophene rings is 1. The third-order valence-corrected chi connectivity index (χ3v) is 4.58. The van der Waals surface area contributed by atoms with Gasteiger partial charge in [-0.2, -0.15) is 0 Å². The molecule has 0 saturated carbocycles. The monoisotopic (exact) mass is 375 g/mol. The Morgan fingerprint density at radius 1 is 1.46 bits per heavy atom. The Morgan fingerprint density at radius 3 is 2.71 bits per heavy atom. The van der Waals surface area contributed by atoms with Crippen molar-refractivity contribution in [1.29, 1.82) is 0 Å². The van der Waals surface area contributed by atoms with Gasteiger partial charge in [-0.15, -0.1) is 16.4 Å². The molecule has 0 radical (unpaired) electrons. The van der Waals surface area contributed by atoms with Crippen molar-refractivity contribution < 1.29 is 19.2 Å². The molecular weight excluding hydrogens is 354 g/mol. The number of hydrogen-bond donors (Lipinski definition) is 2. The molecule has 1 saturated heterocycles. The van der Waals surface area contributed by atoms with Gasteiger partial charge in [-0.3, -0.25) is 4.79 Å². The van der Waals surface area contributed by atoms with Crippen molar-refractivity contribution in [3.05, 3.63) is 21.3 Å². The van der Waals surface area contributed by atoms with Crippen LogP contribution in [-0.2, 0) is 9.57 Å². The molecule has 2 atom stereocenters. The van der Waals surface area contributed by atoms with Gasteiger partial charge in [0, 0.05) is 12.6 Å². The number of nitrogens with zero attached hydrogens (tertiary/aromatic N) is 1. The van der Waals surface area contributed by atoms with Crippen LogP contribution in [0.1, 0.15) is 36.9 Å². The van der Waals surface area contributed by atoms with Crippen LogP contribution in [0.4, 0.5) is 4.79 Å². The lowest BCUT2D eigenvalue weighted by atomic mass is 10.2. The van der Waals surface area contributed by atoms with E-state index in [1.165, 1.54) is 16.4 Å². The van der Waals surface area contributed by atoms with Crippen molar-refractivity contribution in [1.82, 2.24) is 10.4 Å². The van der Waals surface area contributed by atoms with E-state index in [1.807, 2.05) is 0 Å². The molecular formula is C15H22ClN3O4S. The smallest absolute Gasteiger partial charge is 0.427 e. The number of ether oxygens (including phenoxy) is 1. The normalized spacial score (nSPS) is 21.5. The van der Waals surface area contributed by atoms with Crippen LogP contribution >= 0.6 is 22.9 Å². The number of hydroxylamine groups is 2. The van der Waals surface area contributed by atoms with Gasteiger partial charge in [-0.1, -0.05) is 11.6 Å². The molecule has 0 aromatic carbocycles. The summed E-state index contributed by atoms with van der Waals surface area (Å²) in [6.45, 7) is 5.93. The second-order valence-electron chi connectivity index (χ2n) is 6.55. The zero-order valence-electron chi connectivity index (χ0n) is 13.9. The maximum atomic E-state index is 12.2. The fourth-order valence-electron chi connectivity index (χ4n) is 2.37. The molecule has 0 aliphatic carbocycles. The van der Waals surface area contributed by atoms with Crippen LogP contribution < -0.4 is 11.1 Å². The molecule has 1 aromatic rings. The molecule has 0 bridgehead atoms. The van der Waals surface area contributed by atoms with E-state index in [9.17, 15) is 9.59 Å². The maximum Gasteiger partial charge on any atom is 0.528 e. The number of carbonyl (C=O) groups excluding carboxylic acids is 2. The summed E-state index contributed by atoms with van der Waals surface area (Å²) >= 11 is 7.06. The minimum absolute atomic E-state index is 0.172. The number of rotatable bonds is 4. The average Bonchev–Trinajstić information content (AvgIpc) is 3.03. The molecule has 9 heteroatoms. The second kappa shape index (κ2) is 7.69. The Morgan fingerprint density at radius 2 is 2.17 bits per heavy atom. The van der Waals surface area contributed by atoms with Gasteiger partial charge in [-0.25, -0.2) is 4.79 Å². The first-order chi connectivity index (χ1) is 11.2. The zero-order chi connectivity index (χ0) is 17.9. The lowest BCUT2D eigenvalue weighted by Gasteiger charge is -2.24. The minimum atomic E-state index is -0.780. The summed E-state index contributed by atoms with van der Waals surface area (Å²) in [6.07, 6.45) is -0.192. The predicted molar refractivity (Wildman–Crippen MR) is 92.1 cm³/mol. The highest BCUT2D eigenvalue weighted by molar-refractivity contribution is 7.17. The second-order valence-corrected chi connectivity index (χ2v) is 8.27. The van der Waals surface area contributed by atoms with Gasteiger partial charge in [0.15, 0.2) is 0 Å². The van der Waals surface area contributed by atoms with Crippen LogP contribution in [-0.4, -0.2) is 47.9 Å². The molecule has 1 aromatic heterocycles. The molecule has 1 amide bonds. The Bertz CT molecular complexity index is 602. The third kappa shape index (κ3) is 5.34. The van der Waals surface area contributed by atoms with Gasteiger partial charge in [0.05, 0.1) is 21.8 Å². The molecule has 134 valence electrons. The van der Waals surface area contributed by atoms with E-state index >= 15 is 0 Å². The van der Waals surface area contributed by atoms with Crippen molar-refractivity contribution in [2.45, 2.75) is 44.9 Å². The first-order valence-electron chi connectivity index (χ1n) is 7.62. The largest absolute Gasteiger partial charge is 0.528 e. The van der Waals surface area contributed by atoms with Crippen LogP contribution in [0.2, 0.25) is 4.34 Å². The van der Waals surface area contributed by atoms with Crippen LogP contribution in [0, 0.1) is 0 Å². The molecule has 1 aliphatic rings. The van der Waals surface area contributed by atoms with Crippen molar-refractivity contribution in [3.63, 3.8) is 0 Å². The molecule has 2 heterocycles. The number of carbonyl (C=O) groups is 2. The van der Waals surface area contributed by atoms with Gasteiger partial charge < -0.3 is 20.6 Å². The highest BCUT2D eigenvalue weighted by atomic mass is 35.5. The van der Waals surface area contributed by atoms with Gasteiger partial charge in [0.2, 0.25) is 0 Å². The molecule has 1 fully saturated rings. The molecule has 24 heavy (non-hydrogen) atoms. The van der Waals surface area contributed by atoms with Crippen molar-refractivity contribution in [3.8, 4) is 0 Å². The highest BCUT2D eigenvalue weighted by Gasteiger charge is 2.36. The van der Waals surface area contributed by atoms with Gasteiger partial charge in [0.25, 0.3) is 5.91 Å². The summed E-state index contributed by atoms with van der Waals surface area (Å²) in [5.74, 6) is -0.202. The van der Waals surface area contributed by atoms with Gasteiger partial charge >= 0.3 is 6.16 Å². The highest BCUT2D eigenvalue weighted by Crippen LogP contribution is 2.23. The summed E-state index contributed by atoms with van der Waals surface area (Å²) in [5, 5.41) is 4.38. The molecule has 0 spiro atoms. The number of amides is 1. The van der Waals surface area contributed by atoms with Crippen molar-refractivity contribution >= 4 is 35.0 Å². The Kier molecular flexibility index (Phi) is 6.08. The first kappa shape index (κ1) is 19.0. The van der Waals surface area contributed by atoms with E-state index < -0.39 is 11.8 Å². The molecule has 0 unspecified atom stereocenters. The number of halogens is 1. The SMILES string of the molecule is CC(C)(C)OC(=O)ON1C[C@H](NC(=O)c2ccc(Cl)s2)C[C@H]1CN. The minimum Gasteiger partial charge on any atom is -0.427 e. The number of nitrogens with one attached hydrogen (secondary N) is 1. The number of nitrogens with two attached hydrogens (primary N) is 1. The topological polar surface area (TPSA) is 93.9 Å². The predicted octanol–water partition coefficient (Wildman–Crippen LogP) is 2.40. The summed E-state index contributed by atoms with van der Waals surface area (Å²) in [5.41, 5.74) is 5.09. The van der Waals surface area contributed by atoms with Crippen molar-refractivity contribution in [2.75, 3.05) is 13.1 Å². The summed E-state index contributed by atoms with van der Waals surface area (Å²) in [4.78, 5) is 29.8. The Hall–Kier alpha value is -1.35. The quantitative estimate of drug-likeness (QED) is 0.785. The average molecular weight is 376 g/mol. The van der Waals surface area contributed by atoms with Crippen molar-refractivity contribution in [2.24, 2.45) is 5.73 Å². The lowest BCUT2D eigenvalue weighted by Crippen LogP contribution is -2.40. The van der Waals surface area contributed by atoms with E-state index in [-0.39, 0.29) is 18.0 Å². The van der Waals surface area contributed by atoms with E-state index in [2.05, 4.69) is 5.32 Å². The van der Waals surface area contributed by atoms with E-state index in [0.29, 0.717) is 28.7 Å². The standard InChI is InChI=1S/C15H22ClN3O4S/c1-15(2,3)22-14(21)23-19-8-9(6-10(19)7-17)18-13(20)11-4-5-12(16)24-11/h4-5,9-10H,6-8,17H2,1-3H3,(H,18,20)/t9-,10+/m1/s1. The van der Waals surface area contributed by atoms with E-state index in [1.54, 1.807) is 32.9 Å². The van der Waals surface area contributed by atoms with E-state index in [4.69, 9.17) is 26.9 Å². The summed E-state index contributed by atoms with van der Waals surface area (Å²) in [6, 6.07) is 3.01. The van der Waals surface area contributed by atoms with Gasteiger partial charge in [-0.05, 0) is 39.3 Å². The van der Waals surface area contributed by atoms with Crippen LogP contribution in [0.5, 0.6) is 0 Å². The van der Waals surface area contributed by atoms with Gasteiger partial charge in [0.1, 0.15) is 5.60 Å². The van der Waals surface area contributed by atoms with Crippen LogP contribution in [0.25, 0.3) is 0 Å². The summed E-state index contributed by atoms with van der Waals surface area (Å²) in [7, 11) is 0. The Balaban J connectivity index is 1.91. The molecule has 2 rings (SSSR count). The summed E-state index contributed by atoms with van der Waals surface area (Å²) < 4.78 is 5.69. The molecule has 3 N–H and O–H groups in total. The fourth-order valence-corrected chi connectivity index (χ4v) is 3.32. The van der Waals surface area contributed by atoms with E-state index in [0.717, 1.165) is 0 Å². The van der Waals surface area contributed by atoms with Crippen LogP contribution in [0.15, 0.2) is 12.1 Å². The zero-order valence-corrected chi connectivity index (χ0v) is 15.4. The maximum absolute atomic E-state index is 12.2. The number of hydrogen-bond acceptors (Lipinski definition) is 7. The lowest BCUT2D eigenvalue weighted by molar-refractivity contribution is -0.149. The third-order valence-electron chi connectivity index (χ3n) is 3.35. The Labute approximate surface area is 150 Å².